The van der Waals surface area contributed by atoms with Gasteiger partial charge in [-0.2, -0.15) is 0 Å². The van der Waals surface area contributed by atoms with Crippen LogP contribution in [0.25, 0.3) is 21.3 Å². The van der Waals surface area contributed by atoms with E-state index in [1.807, 2.05) is 66.7 Å². The van der Waals surface area contributed by atoms with Crippen molar-refractivity contribution >= 4 is 38.4 Å². The molecule has 5 aromatic rings. The van der Waals surface area contributed by atoms with E-state index in [2.05, 4.69) is 10.3 Å². The van der Waals surface area contributed by atoms with Crippen LogP contribution in [-0.2, 0) is 11.2 Å². The zero-order valence-corrected chi connectivity index (χ0v) is 24.0. The number of aromatic nitrogens is 1. The molecule has 42 heavy (non-hydrogen) atoms. The number of carbonyl (C=O) groups excluding carboxylic acids is 1. The lowest BCUT2D eigenvalue weighted by molar-refractivity contribution is -0.141. The van der Waals surface area contributed by atoms with E-state index in [-0.39, 0.29) is 17.7 Å². The summed E-state index contributed by atoms with van der Waals surface area (Å²) in [7, 11) is 3.31. The van der Waals surface area contributed by atoms with E-state index >= 15 is 0 Å². The molecule has 6 nitrogen and oxygen atoms in total. The van der Waals surface area contributed by atoms with Crippen molar-refractivity contribution in [2.45, 2.75) is 19.3 Å². The number of carbonyl (C=O) groups is 2. The Labute approximate surface area is 246 Å². The summed E-state index contributed by atoms with van der Waals surface area (Å²) in [5.41, 5.74) is 3.79. The highest BCUT2D eigenvalue weighted by molar-refractivity contribution is 7.22. The normalized spacial score (nSPS) is 11.3. The van der Waals surface area contributed by atoms with Crippen LogP contribution in [-0.4, -0.2) is 36.0 Å². The molecule has 1 heterocycles. The summed E-state index contributed by atoms with van der Waals surface area (Å²) in [5, 5.41) is 12.9. The number of methoxy groups -OCH3 is 1. The van der Waals surface area contributed by atoms with E-state index in [0.29, 0.717) is 28.2 Å². The third kappa shape index (κ3) is 7.98. The van der Waals surface area contributed by atoms with E-state index in [0.717, 1.165) is 28.5 Å². The molecule has 0 amide bonds. The lowest BCUT2D eigenvalue weighted by Crippen LogP contribution is -2.19. The van der Waals surface area contributed by atoms with Gasteiger partial charge in [-0.05, 0) is 47.7 Å². The Balaban J connectivity index is 0.000000258. The Hall–Kier alpha value is -4.63. The molecule has 0 saturated carbocycles. The van der Waals surface area contributed by atoms with Crippen LogP contribution in [0.1, 0.15) is 28.8 Å². The second-order valence-corrected chi connectivity index (χ2v) is 10.5. The summed E-state index contributed by atoms with van der Waals surface area (Å²) in [5.74, 6) is -2.19. The fraction of sp³-hybridized carbons (Fsp3) is 0.182. The predicted molar refractivity (Wildman–Crippen MR) is 162 cm³/mol. The molecule has 216 valence electrons. The number of hydrogen-bond acceptors (Lipinski definition) is 6. The summed E-state index contributed by atoms with van der Waals surface area (Å²) < 4.78 is 31.6. The number of aryl methyl sites for hydroxylation is 1. The number of hydrogen-bond donors (Lipinski definition) is 2. The molecular weight excluding hydrogens is 558 g/mol. The van der Waals surface area contributed by atoms with Crippen molar-refractivity contribution in [3.63, 3.8) is 0 Å². The van der Waals surface area contributed by atoms with E-state index in [4.69, 9.17) is 4.74 Å². The third-order valence-electron chi connectivity index (χ3n) is 6.64. The van der Waals surface area contributed by atoms with Gasteiger partial charge in [0.05, 0.1) is 17.7 Å². The van der Waals surface area contributed by atoms with Crippen LogP contribution < -0.4 is 10.1 Å². The molecule has 0 bridgehead atoms. The van der Waals surface area contributed by atoms with Gasteiger partial charge in [-0.15, -0.1) is 0 Å². The first-order chi connectivity index (χ1) is 20.3. The van der Waals surface area contributed by atoms with Gasteiger partial charge in [-0.3, -0.25) is 9.59 Å². The van der Waals surface area contributed by atoms with Gasteiger partial charge < -0.3 is 15.2 Å². The van der Waals surface area contributed by atoms with Crippen molar-refractivity contribution in [1.29, 1.82) is 0 Å². The van der Waals surface area contributed by atoms with E-state index in [9.17, 15) is 23.5 Å². The summed E-state index contributed by atoms with van der Waals surface area (Å²) >= 11 is 1.22. The largest absolute Gasteiger partial charge is 0.497 e. The Morgan fingerprint density at radius 1 is 0.952 bits per heavy atom. The van der Waals surface area contributed by atoms with Crippen molar-refractivity contribution in [3.05, 3.63) is 114 Å². The highest BCUT2D eigenvalue weighted by Crippen LogP contribution is 2.28. The molecule has 2 N–H and O–H groups in total. The molecule has 0 spiro atoms. The number of nitrogens with zero attached hydrogens (tertiary/aromatic N) is 1. The number of rotatable bonds is 10. The summed E-state index contributed by atoms with van der Waals surface area (Å²) in [4.78, 5) is 28.2. The summed E-state index contributed by atoms with van der Waals surface area (Å²) in [6.45, 7) is 0. The molecule has 1 aromatic heterocycles. The number of Topliss-reactive ketones (excluding diaryl/α,β-unsaturated/α-hetero) is 1. The molecule has 5 rings (SSSR count). The van der Waals surface area contributed by atoms with E-state index in [1.165, 1.54) is 17.4 Å². The number of halogens is 2. The molecule has 1 atom stereocenters. The highest BCUT2D eigenvalue weighted by Gasteiger charge is 2.22. The molecule has 0 aliphatic carbocycles. The van der Waals surface area contributed by atoms with Crippen LogP contribution in [0.4, 0.5) is 13.9 Å². The average Bonchev–Trinajstić information content (AvgIpc) is 3.43. The molecule has 0 fully saturated rings. The molecule has 4 aromatic carbocycles. The van der Waals surface area contributed by atoms with Gasteiger partial charge in [0.25, 0.3) is 0 Å². The monoisotopic (exact) mass is 588 g/mol. The van der Waals surface area contributed by atoms with Crippen molar-refractivity contribution in [1.82, 2.24) is 4.98 Å². The lowest BCUT2D eigenvalue weighted by Gasteiger charge is -2.12. The van der Waals surface area contributed by atoms with Crippen molar-refractivity contribution in [3.8, 4) is 16.9 Å². The Kier molecular flexibility index (Phi) is 10.3. The number of aliphatic carboxylic acids is 1. The minimum Gasteiger partial charge on any atom is -0.497 e. The molecule has 0 aliphatic rings. The smallest absolute Gasteiger partial charge is 0.306 e. The number of thiazole rings is 1. The second-order valence-electron chi connectivity index (χ2n) is 9.50. The fourth-order valence-corrected chi connectivity index (χ4v) is 5.21. The van der Waals surface area contributed by atoms with Crippen LogP contribution in [0.5, 0.6) is 5.75 Å². The standard InChI is InChI=1S/C25H24O4.C8H6F2N2S/c1-29-23-9-5-8-21(16-23)19-12-14-20(15-13-19)24(26)17-22(25(27)28)11-10-18-6-3-2-4-7-18;1-11-8-12-7-5(10)2-4(9)3-6(7)13-8/h2-9,12-16,22H,10-11,17H2,1H3,(H,27,28);2-3H,1H3,(H,11,12). The van der Waals surface area contributed by atoms with Gasteiger partial charge in [0.2, 0.25) is 0 Å². The van der Waals surface area contributed by atoms with Gasteiger partial charge in [0.1, 0.15) is 17.1 Å². The quantitative estimate of drug-likeness (QED) is 0.161. The highest BCUT2D eigenvalue weighted by atomic mass is 32.1. The average molecular weight is 589 g/mol. The number of nitrogens with one attached hydrogen (secondary N) is 1. The number of fused-ring (bicyclic) bond motifs is 1. The molecule has 1 unspecified atom stereocenters. The number of ether oxygens (including phenoxy) is 1. The minimum atomic E-state index is -0.928. The summed E-state index contributed by atoms with van der Waals surface area (Å²) in [6, 6.07) is 26.8. The van der Waals surface area contributed by atoms with Crippen molar-refractivity contribution in [2.24, 2.45) is 5.92 Å². The Bertz CT molecular complexity index is 1660. The second kappa shape index (κ2) is 14.3. The zero-order valence-electron chi connectivity index (χ0n) is 23.1. The van der Waals surface area contributed by atoms with Gasteiger partial charge in [-0.1, -0.05) is 78.1 Å². The zero-order chi connectivity index (χ0) is 30.1. The first kappa shape index (κ1) is 30.3. The first-order valence-corrected chi connectivity index (χ1v) is 14.1. The van der Waals surface area contributed by atoms with Crippen LogP contribution in [0.3, 0.4) is 0 Å². The maximum Gasteiger partial charge on any atom is 0.306 e. The van der Waals surface area contributed by atoms with Crippen LogP contribution in [0, 0.1) is 17.6 Å². The first-order valence-electron chi connectivity index (χ1n) is 13.2. The SMILES string of the molecule is CNc1nc2c(F)cc(F)cc2s1.COc1cccc(-c2ccc(C(=O)CC(CCc3ccccc3)C(=O)O)cc2)c1. The Morgan fingerprint density at radius 2 is 1.69 bits per heavy atom. The molecule has 0 aliphatic heterocycles. The fourth-order valence-electron chi connectivity index (χ4n) is 4.36. The summed E-state index contributed by atoms with van der Waals surface area (Å²) in [6.07, 6.45) is 1.08. The number of carboxylic acid groups (broad SMARTS) is 1. The van der Waals surface area contributed by atoms with Gasteiger partial charge in [-0.25, -0.2) is 13.8 Å². The number of anilines is 1. The maximum atomic E-state index is 13.1. The van der Waals surface area contributed by atoms with Gasteiger partial charge in [0, 0.05) is 25.1 Å². The lowest BCUT2D eigenvalue weighted by atomic mass is 9.92. The van der Waals surface area contributed by atoms with Crippen LogP contribution >= 0.6 is 11.3 Å². The van der Waals surface area contributed by atoms with Gasteiger partial charge >= 0.3 is 5.97 Å². The maximum absolute atomic E-state index is 13.1. The molecule has 0 saturated heterocycles. The predicted octanol–water partition coefficient (Wildman–Crippen LogP) is 7.88. The van der Waals surface area contributed by atoms with Gasteiger partial charge in [0.15, 0.2) is 16.7 Å². The number of ketones is 1. The van der Waals surface area contributed by atoms with E-state index < -0.39 is 23.5 Å². The number of carboxylic acids is 1. The molecule has 9 heteroatoms. The Morgan fingerprint density at radius 3 is 2.36 bits per heavy atom. The molecular formula is C33H30F2N2O4S. The van der Waals surface area contributed by atoms with Crippen LogP contribution in [0.2, 0.25) is 0 Å². The van der Waals surface area contributed by atoms with Crippen molar-refractivity contribution in [2.75, 3.05) is 19.5 Å². The topological polar surface area (TPSA) is 88.5 Å². The van der Waals surface area contributed by atoms with Crippen LogP contribution in [0.15, 0.2) is 91.0 Å². The molecule has 0 radical (unpaired) electrons. The number of benzene rings is 4. The van der Waals surface area contributed by atoms with E-state index in [1.54, 1.807) is 26.3 Å². The van der Waals surface area contributed by atoms with Crippen molar-refractivity contribution < 1.29 is 28.2 Å². The third-order valence-corrected chi connectivity index (χ3v) is 7.66. The minimum absolute atomic E-state index is 0.000668.